The minimum Gasteiger partial charge on any atom is -0.478 e. The van der Waals surface area contributed by atoms with Gasteiger partial charge in [0.05, 0.1) is 0 Å². The third-order valence-corrected chi connectivity index (χ3v) is 3.27. The van der Waals surface area contributed by atoms with E-state index in [0.29, 0.717) is 5.75 Å². The van der Waals surface area contributed by atoms with Crippen LogP contribution in [0.15, 0.2) is 59.5 Å². The molecule has 0 heterocycles. The van der Waals surface area contributed by atoms with E-state index in [1.807, 2.05) is 12.1 Å². The summed E-state index contributed by atoms with van der Waals surface area (Å²) in [6, 6.07) is 14.4. The summed E-state index contributed by atoms with van der Waals surface area (Å²) in [6.07, 6.45) is 2.83. The van der Waals surface area contributed by atoms with Crippen LogP contribution in [0, 0.1) is 0 Å². The summed E-state index contributed by atoms with van der Waals surface area (Å²) in [5.74, 6) is -0.228. The number of hydrogen-bond donors (Lipinski definition) is 1. The number of rotatable bonds is 4. The van der Waals surface area contributed by atoms with Gasteiger partial charge in [0.1, 0.15) is 0 Å². The molecule has 86 valence electrons. The van der Waals surface area contributed by atoms with Crippen LogP contribution in [0.3, 0.4) is 0 Å². The maximum Gasteiger partial charge on any atom is 0.328 e. The highest BCUT2D eigenvalue weighted by Gasteiger charge is 1.95. The molecule has 3 heteroatoms. The topological polar surface area (TPSA) is 37.3 Å². The number of fused-ring (bicyclic) bond motifs is 1. The lowest BCUT2D eigenvalue weighted by Gasteiger charge is -2.01. The van der Waals surface area contributed by atoms with Crippen LogP contribution in [0.4, 0.5) is 0 Å². The van der Waals surface area contributed by atoms with E-state index in [4.69, 9.17) is 5.11 Å². The summed E-state index contributed by atoms with van der Waals surface area (Å²) >= 11 is 1.63. The molecule has 2 nitrogen and oxygen atoms in total. The summed E-state index contributed by atoms with van der Waals surface area (Å²) in [4.78, 5) is 11.4. The van der Waals surface area contributed by atoms with Gasteiger partial charge >= 0.3 is 5.97 Å². The number of aliphatic carboxylic acids is 1. The number of carboxylic acids is 1. The first kappa shape index (κ1) is 11.7. The van der Waals surface area contributed by atoms with Gasteiger partial charge < -0.3 is 5.11 Å². The second-order valence-electron chi connectivity index (χ2n) is 3.56. The Balaban J connectivity index is 2.07. The molecule has 0 radical (unpaired) electrons. The van der Waals surface area contributed by atoms with Crippen molar-refractivity contribution in [1.29, 1.82) is 0 Å². The van der Waals surface area contributed by atoms with Gasteiger partial charge in [0.15, 0.2) is 0 Å². The summed E-state index contributed by atoms with van der Waals surface area (Å²) < 4.78 is 0. The monoisotopic (exact) mass is 244 g/mol. The van der Waals surface area contributed by atoms with Crippen molar-refractivity contribution in [2.75, 3.05) is 5.75 Å². The fourth-order valence-electron chi connectivity index (χ4n) is 1.55. The second kappa shape index (κ2) is 5.55. The van der Waals surface area contributed by atoms with Crippen LogP contribution < -0.4 is 0 Å². The van der Waals surface area contributed by atoms with Crippen molar-refractivity contribution in [3.63, 3.8) is 0 Å². The Morgan fingerprint density at radius 2 is 1.94 bits per heavy atom. The van der Waals surface area contributed by atoms with Crippen molar-refractivity contribution in [1.82, 2.24) is 0 Å². The molecule has 1 N–H and O–H groups in total. The van der Waals surface area contributed by atoms with Gasteiger partial charge in [-0.3, -0.25) is 0 Å². The van der Waals surface area contributed by atoms with Crippen molar-refractivity contribution in [2.24, 2.45) is 0 Å². The molecular weight excluding hydrogens is 232 g/mol. The Bertz CT molecular complexity index is 561. The lowest BCUT2D eigenvalue weighted by molar-refractivity contribution is -0.131. The fourth-order valence-corrected chi connectivity index (χ4v) is 2.31. The summed E-state index contributed by atoms with van der Waals surface area (Å²) in [5, 5.41) is 10.9. The van der Waals surface area contributed by atoms with Crippen LogP contribution >= 0.6 is 11.8 Å². The van der Waals surface area contributed by atoms with Gasteiger partial charge in [-0.1, -0.05) is 36.4 Å². The zero-order valence-electron chi connectivity index (χ0n) is 9.17. The van der Waals surface area contributed by atoms with Crippen LogP contribution in [-0.2, 0) is 4.79 Å². The average Bonchev–Trinajstić information content (AvgIpc) is 2.34. The molecule has 0 fully saturated rings. The van der Waals surface area contributed by atoms with Gasteiger partial charge in [0.25, 0.3) is 0 Å². The fraction of sp³-hybridized carbons (Fsp3) is 0.0714. The van der Waals surface area contributed by atoms with Crippen molar-refractivity contribution in [3.8, 4) is 0 Å². The summed E-state index contributed by atoms with van der Waals surface area (Å²) in [6.45, 7) is 0. The van der Waals surface area contributed by atoms with Crippen LogP contribution in [-0.4, -0.2) is 16.8 Å². The molecule has 0 bridgehead atoms. The quantitative estimate of drug-likeness (QED) is 0.660. The maximum absolute atomic E-state index is 10.3. The van der Waals surface area contributed by atoms with E-state index in [-0.39, 0.29) is 0 Å². The Kier molecular flexibility index (Phi) is 3.83. The number of carboxylic acid groups (broad SMARTS) is 1. The number of benzene rings is 2. The van der Waals surface area contributed by atoms with Gasteiger partial charge in [-0.15, -0.1) is 11.8 Å². The Labute approximate surface area is 104 Å². The smallest absolute Gasteiger partial charge is 0.328 e. The third-order valence-electron chi connectivity index (χ3n) is 2.33. The van der Waals surface area contributed by atoms with E-state index in [1.54, 1.807) is 17.8 Å². The first-order valence-electron chi connectivity index (χ1n) is 5.27. The van der Waals surface area contributed by atoms with Gasteiger partial charge in [-0.25, -0.2) is 4.79 Å². The largest absolute Gasteiger partial charge is 0.478 e. The molecule has 2 aromatic rings. The van der Waals surface area contributed by atoms with Crippen molar-refractivity contribution in [2.45, 2.75) is 4.90 Å². The van der Waals surface area contributed by atoms with E-state index in [2.05, 4.69) is 30.3 Å². The highest BCUT2D eigenvalue weighted by molar-refractivity contribution is 7.99. The lowest BCUT2D eigenvalue weighted by Crippen LogP contribution is -1.86. The Morgan fingerprint density at radius 1 is 1.18 bits per heavy atom. The molecule has 0 amide bonds. The highest BCUT2D eigenvalue weighted by atomic mass is 32.2. The van der Waals surface area contributed by atoms with Crippen molar-refractivity contribution < 1.29 is 9.90 Å². The third kappa shape index (κ3) is 3.36. The molecule has 2 aromatic carbocycles. The highest BCUT2D eigenvalue weighted by Crippen LogP contribution is 2.23. The Hall–Kier alpha value is -1.74. The molecule has 0 saturated heterocycles. The summed E-state index contributed by atoms with van der Waals surface area (Å²) in [7, 11) is 0. The van der Waals surface area contributed by atoms with E-state index in [0.717, 1.165) is 4.90 Å². The molecule has 0 aliphatic rings. The zero-order chi connectivity index (χ0) is 12.1. The van der Waals surface area contributed by atoms with Gasteiger partial charge in [0, 0.05) is 16.7 Å². The van der Waals surface area contributed by atoms with E-state index >= 15 is 0 Å². The number of carbonyl (C=O) groups is 1. The summed E-state index contributed by atoms with van der Waals surface area (Å²) in [5.41, 5.74) is 0. The van der Waals surface area contributed by atoms with E-state index in [9.17, 15) is 4.79 Å². The van der Waals surface area contributed by atoms with E-state index < -0.39 is 5.97 Å². The predicted octanol–water partition coefficient (Wildman–Crippen LogP) is 3.57. The van der Waals surface area contributed by atoms with Gasteiger partial charge in [0.2, 0.25) is 0 Å². The molecule has 17 heavy (non-hydrogen) atoms. The van der Waals surface area contributed by atoms with Gasteiger partial charge in [-0.05, 0) is 22.9 Å². The molecule has 0 spiro atoms. The molecular formula is C14H12O2S. The normalized spacial score (nSPS) is 11.1. The molecule has 0 aliphatic heterocycles. The molecule has 0 aromatic heterocycles. The molecule has 0 aliphatic carbocycles. The average molecular weight is 244 g/mol. The second-order valence-corrected chi connectivity index (χ2v) is 4.65. The van der Waals surface area contributed by atoms with Crippen LogP contribution in [0.1, 0.15) is 0 Å². The molecule has 0 atom stereocenters. The van der Waals surface area contributed by atoms with Crippen molar-refractivity contribution in [3.05, 3.63) is 54.6 Å². The molecule has 0 saturated carbocycles. The SMILES string of the molecule is O=C(O)C=CCSc1ccc2ccccc2c1. The first-order valence-corrected chi connectivity index (χ1v) is 6.25. The van der Waals surface area contributed by atoms with Crippen LogP contribution in [0.5, 0.6) is 0 Å². The van der Waals surface area contributed by atoms with Crippen LogP contribution in [0.25, 0.3) is 10.8 Å². The lowest BCUT2D eigenvalue weighted by atomic mass is 10.1. The number of hydrogen-bond acceptors (Lipinski definition) is 2. The maximum atomic E-state index is 10.3. The predicted molar refractivity (Wildman–Crippen MR) is 71.4 cm³/mol. The minimum absolute atomic E-state index is 0.671. The molecule has 0 unspecified atom stereocenters. The standard InChI is InChI=1S/C14H12O2S/c15-14(16)6-3-9-17-13-8-7-11-4-1-2-5-12(11)10-13/h1-8,10H,9H2,(H,15,16). The van der Waals surface area contributed by atoms with Gasteiger partial charge in [-0.2, -0.15) is 0 Å². The molecule has 2 rings (SSSR count). The zero-order valence-corrected chi connectivity index (χ0v) is 9.98. The first-order chi connectivity index (χ1) is 8.25. The number of thioether (sulfide) groups is 1. The van der Waals surface area contributed by atoms with Crippen LogP contribution in [0.2, 0.25) is 0 Å². The minimum atomic E-state index is -0.899. The van der Waals surface area contributed by atoms with E-state index in [1.165, 1.54) is 16.8 Å². The van der Waals surface area contributed by atoms with Crippen molar-refractivity contribution >= 4 is 28.5 Å². The Morgan fingerprint density at radius 3 is 2.71 bits per heavy atom.